The molecule has 1 aliphatic rings. The highest BCUT2D eigenvalue weighted by Crippen LogP contribution is 2.36. The summed E-state index contributed by atoms with van der Waals surface area (Å²) in [6, 6.07) is 14.8. The lowest BCUT2D eigenvalue weighted by Crippen LogP contribution is -2.39. The summed E-state index contributed by atoms with van der Waals surface area (Å²) in [5.74, 6) is 0.399. The fraction of sp³-hybridized carbons (Fsp3) is 0.172. The second-order valence-corrected chi connectivity index (χ2v) is 10.2. The summed E-state index contributed by atoms with van der Waals surface area (Å²) in [6.45, 7) is 2.97. The van der Waals surface area contributed by atoms with Crippen LogP contribution in [0.1, 0.15) is 31.2 Å². The average Bonchev–Trinajstić information content (AvgIpc) is 3.52. The quantitative estimate of drug-likeness (QED) is 0.248. The minimum atomic E-state index is -0.871. The molecule has 40 heavy (non-hydrogen) atoms. The van der Waals surface area contributed by atoms with E-state index in [0.717, 1.165) is 5.56 Å². The van der Waals surface area contributed by atoms with Crippen LogP contribution < -0.4 is 24.4 Å². The van der Waals surface area contributed by atoms with E-state index in [1.54, 1.807) is 55.5 Å². The van der Waals surface area contributed by atoms with E-state index in [1.807, 2.05) is 12.1 Å². The number of aromatic nitrogens is 1. The topological polar surface area (TPSA) is 109 Å². The Morgan fingerprint density at radius 3 is 2.60 bits per heavy atom. The van der Waals surface area contributed by atoms with E-state index in [1.165, 1.54) is 37.0 Å². The van der Waals surface area contributed by atoms with Gasteiger partial charge in [0.1, 0.15) is 11.5 Å². The van der Waals surface area contributed by atoms with Gasteiger partial charge in [-0.25, -0.2) is 9.79 Å². The number of ether oxygens (including phenoxy) is 3. The van der Waals surface area contributed by atoms with Crippen LogP contribution in [0.25, 0.3) is 17.4 Å². The highest BCUT2D eigenvalue weighted by molar-refractivity contribution is 7.07. The number of furan rings is 1. The number of fused-ring (bicyclic) bond motifs is 1. The number of nitrogens with zero attached hydrogens (tertiary/aromatic N) is 2. The molecule has 204 valence electrons. The summed E-state index contributed by atoms with van der Waals surface area (Å²) in [7, 11) is 2.70. The van der Waals surface area contributed by atoms with Crippen molar-refractivity contribution >= 4 is 41.0 Å². The summed E-state index contributed by atoms with van der Waals surface area (Å²) >= 11 is 7.28. The first-order valence-electron chi connectivity index (χ1n) is 12.0. The van der Waals surface area contributed by atoms with Crippen LogP contribution in [-0.4, -0.2) is 30.7 Å². The third-order valence-corrected chi connectivity index (χ3v) is 7.41. The SMILES string of the molecule is COC(=O)C1=C(C)N=c2s/c(=C\c3ccc(-c4cccc(Cl)c4)o3)c(=O)n2C1c1ccc(OC(C)=O)c(OC)c1. The Hall–Kier alpha value is -4.41. The van der Waals surface area contributed by atoms with Gasteiger partial charge >= 0.3 is 11.9 Å². The maximum absolute atomic E-state index is 13.8. The van der Waals surface area contributed by atoms with E-state index in [2.05, 4.69) is 4.99 Å². The zero-order valence-electron chi connectivity index (χ0n) is 21.9. The molecule has 2 aromatic heterocycles. The maximum Gasteiger partial charge on any atom is 0.338 e. The van der Waals surface area contributed by atoms with Crippen molar-refractivity contribution in [1.82, 2.24) is 4.57 Å². The number of benzene rings is 2. The van der Waals surface area contributed by atoms with E-state index in [-0.39, 0.29) is 22.6 Å². The molecule has 0 bridgehead atoms. The Balaban J connectivity index is 1.65. The molecule has 0 radical (unpaired) electrons. The van der Waals surface area contributed by atoms with E-state index < -0.39 is 18.0 Å². The van der Waals surface area contributed by atoms with Gasteiger partial charge in [-0.1, -0.05) is 41.1 Å². The lowest BCUT2D eigenvalue weighted by molar-refractivity contribution is -0.136. The number of rotatable bonds is 6. The van der Waals surface area contributed by atoms with Crippen molar-refractivity contribution in [3.8, 4) is 22.8 Å². The maximum atomic E-state index is 13.8. The van der Waals surface area contributed by atoms with E-state index >= 15 is 0 Å². The Morgan fingerprint density at radius 2 is 1.90 bits per heavy atom. The molecule has 0 fully saturated rings. The number of carbonyl (C=O) groups is 2. The first-order chi connectivity index (χ1) is 19.2. The van der Waals surface area contributed by atoms with Gasteiger partial charge in [-0.05, 0) is 48.9 Å². The molecular weight excluding hydrogens is 556 g/mol. The summed E-state index contributed by atoms with van der Waals surface area (Å²) in [6.07, 6.45) is 1.64. The molecule has 11 heteroatoms. The largest absolute Gasteiger partial charge is 0.493 e. The van der Waals surface area contributed by atoms with Crippen LogP contribution in [0, 0.1) is 0 Å². The molecule has 0 N–H and O–H groups in total. The number of esters is 2. The molecule has 1 atom stereocenters. The molecule has 0 amide bonds. The number of halogens is 1. The summed E-state index contributed by atoms with van der Waals surface area (Å²) in [5, 5.41) is 0.582. The van der Waals surface area contributed by atoms with Crippen molar-refractivity contribution in [2.75, 3.05) is 14.2 Å². The van der Waals surface area contributed by atoms with Crippen LogP contribution in [0.4, 0.5) is 0 Å². The minimum absolute atomic E-state index is 0.199. The van der Waals surface area contributed by atoms with Crippen molar-refractivity contribution in [2.24, 2.45) is 4.99 Å². The molecule has 1 unspecified atom stereocenters. The van der Waals surface area contributed by atoms with Crippen molar-refractivity contribution in [2.45, 2.75) is 19.9 Å². The Labute approximate surface area is 237 Å². The number of allylic oxidation sites excluding steroid dienone is 1. The fourth-order valence-electron chi connectivity index (χ4n) is 4.46. The molecule has 5 rings (SSSR count). The Bertz CT molecular complexity index is 1870. The van der Waals surface area contributed by atoms with Crippen molar-refractivity contribution in [1.29, 1.82) is 0 Å². The van der Waals surface area contributed by atoms with Crippen LogP contribution in [0.5, 0.6) is 11.5 Å². The Kier molecular flexibility index (Phi) is 7.46. The standard InChI is InChI=1S/C29H23ClN2O7S/c1-15-25(28(35)37-4)26(18-8-10-22(38-16(2)33)23(13-18)36-3)32-27(34)24(40-29(32)31-15)14-20-9-11-21(39-20)17-6-5-7-19(30)12-17/h5-14,26H,1-4H3/b24-14-. The smallest absolute Gasteiger partial charge is 0.338 e. The molecule has 0 spiro atoms. The van der Waals surface area contributed by atoms with E-state index in [9.17, 15) is 14.4 Å². The zero-order chi connectivity index (χ0) is 28.6. The zero-order valence-corrected chi connectivity index (χ0v) is 23.5. The average molecular weight is 579 g/mol. The minimum Gasteiger partial charge on any atom is -0.493 e. The number of thiazole rings is 1. The molecule has 0 saturated heterocycles. The van der Waals surface area contributed by atoms with E-state index in [4.69, 9.17) is 30.2 Å². The molecule has 0 aliphatic carbocycles. The second kappa shape index (κ2) is 11.0. The van der Waals surface area contributed by atoms with Gasteiger partial charge in [0.05, 0.1) is 36.1 Å². The van der Waals surface area contributed by atoms with E-state index in [0.29, 0.717) is 37.1 Å². The number of carbonyl (C=O) groups excluding carboxylic acids is 2. The van der Waals surface area contributed by atoms with Gasteiger partial charge in [-0.3, -0.25) is 14.2 Å². The monoisotopic (exact) mass is 578 g/mol. The van der Waals surface area contributed by atoms with Crippen LogP contribution in [0.15, 0.2) is 80.1 Å². The molecule has 1 aliphatic heterocycles. The lowest BCUT2D eigenvalue weighted by Gasteiger charge is -2.25. The third-order valence-electron chi connectivity index (χ3n) is 6.19. The summed E-state index contributed by atoms with van der Waals surface area (Å²) in [5.41, 5.74) is 1.58. The van der Waals surface area contributed by atoms with Crippen LogP contribution in [0.3, 0.4) is 0 Å². The first kappa shape index (κ1) is 27.2. The van der Waals surface area contributed by atoms with Crippen LogP contribution in [0.2, 0.25) is 5.02 Å². The van der Waals surface area contributed by atoms with Crippen LogP contribution in [-0.2, 0) is 14.3 Å². The molecule has 0 saturated carbocycles. The number of methoxy groups -OCH3 is 2. The van der Waals surface area contributed by atoms with Crippen molar-refractivity contribution in [3.05, 3.63) is 102 Å². The van der Waals surface area contributed by atoms with Gasteiger partial charge in [-0.15, -0.1) is 0 Å². The highest BCUT2D eigenvalue weighted by atomic mass is 35.5. The number of hydrogen-bond donors (Lipinski definition) is 0. The Morgan fingerprint density at radius 1 is 1.10 bits per heavy atom. The van der Waals surface area contributed by atoms with Gasteiger partial charge < -0.3 is 18.6 Å². The van der Waals surface area contributed by atoms with Gasteiger partial charge in [-0.2, -0.15) is 0 Å². The third kappa shape index (κ3) is 5.11. The molecule has 4 aromatic rings. The first-order valence-corrected chi connectivity index (χ1v) is 13.2. The number of hydrogen-bond acceptors (Lipinski definition) is 9. The van der Waals surface area contributed by atoms with Crippen LogP contribution >= 0.6 is 22.9 Å². The van der Waals surface area contributed by atoms with Crippen molar-refractivity contribution in [3.63, 3.8) is 0 Å². The molecule has 2 aromatic carbocycles. The fourth-order valence-corrected chi connectivity index (χ4v) is 5.67. The highest BCUT2D eigenvalue weighted by Gasteiger charge is 2.33. The lowest BCUT2D eigenvalue weighted by atomic mass is 9.95. The second-order valence-electron chi connectivity index (χ2n) is 8.79. The van der Waals surface area contributed by atoms with Gasteiger partial charge in [0.15, 0.2) is 16.3 Å². The normalized spacial score (nSPS) is 14.9. The van der Waals surface area contributed by atoms with Gasteiger partial charge in [0, 0.05) is 23.6 Å². The molecule has 3 heterocycles. The van der Waals surface area contributed by atoms with Gasteiger partial charge in [0.2, 0.25) is 0 Å². The van der Waals surface area contributed by atoms with Gasteiger partial charge in [0.25, 0.3) is 5.56 Å². The molecular formula is C29H23ClN2O7S. The predicted octanol–water partition coefficient (Wildman–Crippen LogP) is 4.26. The predicted molar refractivity (Wildman–Crippen MR) is 149 cm³/mol. The molecule has 9 nitrogen and oxygen atoms in total. The summed E-state index contributed by atoms with van der Waals surface area (Å²) < 4.78 is 23.5. The summed E-state index contributed by atoms with van der Waals surface area (Å²) in [4.78, 5) is 43.2. The van der Waals surface area contributed by atoms with Crippen molar-refractivity contribution < 1.29 is 28.2 Å².